The molecule has 23 heavy (non-hydrogen) atoms. The van der Waals surface area contributed by atoms with E-state index in [1.165, 1.54) is 18.4 Å². The third-order valence-corrected chi connectivity index (χ3v) is 3.42. The Kier molecular flexibility index (Phi) is 3.89. The van der Waals surface area contributed by atoms with Gasteiger partial charge in [0.25, 0.3) is 0 Å². The monoisotopic (exact) mass is 314 g/mol. The molecule has 0 amide bonds. The van der Waals surface area contributed by atoms with Gasteiger partial charge in [-0.25, -0.2) is 4.79 Å². The predicted octanol–water partition coefficient (Wildman–Crippen LogP) is 2.64. The first-order chi connectivity index (χ1) is 11.1. The Morgan fingerprint density at radius 1 is 1.13 bits per heavy atom. The summed E-state index contributed by atoms with van der Waals surface area (Å²) in [7, 11) is 1.55. The van der Waals surface area contributed by atoms with Crippen LogP contribution in [0.15, 0.2) is 55.0 Å². The van der Waals surface area contributed by atoms with Crippen molar-refractivity contribution in [2.24, 2.45) is 0 Å². The van der Waals surface area contributed by atoms with Gasteiger partial charge in [0, 0.05) is 23.1 Å². The fourth-order valence-electron chi connectivity index (χ4n) is 2.28. The summed E-state index contributed by atoms with van der Waals surface area (Å²) >= 11 is 0. The summed E-state index contributed by atoms with van der Waals surface area (Å²) in [6.45, 7) is 1.67. The Labute approximate surface area is 130 Å². The van der Waals surface area contributed by atoms with Crippen LogP contribution in [-0.4, -0.2) is 7.11 Å². The van der Waals surface area contributed by atoms with Crippen LogP contribution in [0.3, 0.4) is 0 Å². The van der Waals surface area contributed by atoms with Crippen molar-refractivity contribution in [1.29, 1.82) is 0 Å². The summed E-state index contributed by atoms with van der Waals surface area (Å²) in [6, 6.07) is 7.72. The van der Waals surface area contributed by atoms with E-state index >= 15 is 0 Å². The van der Waals surface area contributed by atoms with Gasteiger partial charge in [0.05, 0.1) is 13.4 Å². The second-order valence-electron chi connectivity index (χ2n) is 4.91. The number of rotatable bonds is 4. The van der Waals surface area contributed by atoms with E-state index in [4.69, 9.17) is 18.3 Å². The Bertz CT molecular complexity index is 967. The summed E-state index contributed by atoms with van der Waals surface area (Å²) in [4.78, 5) is 23.5. The number of hydrogen-bond donors (Lipinski definition) is 0. The lowest BCUT2D eigenvalue weighted by Gasteiger charge is -2.09. The molecule has 118 valence electrons. The number of ether oxygens (including phenoxy) is 2. The van der Waals surface area contributed by atoms with Gasteiger partial charge >= 0.3 is 5.63 Å². The van der Waals surface area contributed by atoms with Crippen LogP contribution < -0.4 is 20.5 Å². The predicted molar refractivity (Wildman–Crippen MR) is 83.1 cm³/mol. The topological polar surface area (TPSA) is 78.9 Å². The molecule has 3 aromatic rings. The average Bonchev–Trinajstić information content (AvgIpc) is 2.53. The van der Waals surface area contributed by atoms with Crippen LogP contribution in [0.5, 0.6) is 11.5 Å². The molecule has 3 rings (SSSR count). The summed E-state index contributed by atoms with van der Waals surface area (Å²) < 4.78 is 21.0. The third kappa shape index (κ3) is 2.96. The lowest BCUT2D eigenvalue weighted by atomic mass is 10.1. The fraction of sp³-hybridized carbons (Fsp3) is 0.176. The SMILES string of the molecule is COc1ccc2oc(=O)cc(COc3c(C)occc3=O)c2c1. The van der Waals surface area contributed by atoms with Crippen LogP contribution >= 0.6 is 0 Å². The van der Waals surface area contributed by atoms with E-state index in [0.717, 1.165) is 0 Å². The van der Waals surface area contributed by atoms with Crippen molar-refractivity contribution >= 4 is 11.0 Å². The molecule has 0 bridgehead atoms. The summed E-state index contributed by atoms with van der Waals surface area (Å²) in [5.74, 6) is 1.13. The van der Waals surface area contributed by atoms with E-state index in [9.17, 15) is 9.59 Å². The highest BCUT2D eigenvalue weighted by atomic mass is 16.5. The lowest BCUT2D eigenvalue weighted by molar-refractivity contribution is 0.287. The van der Waals surface area contributed by atoms with E-state index in [-0.39, 0.29) is 17.8 Å². The van der Waals surface area contributed by atoms with Gasteiger partial charge in [-0.15, -0.1) is 0 Å². The van der Waals surface area contributed by atoms with Gasteiger partial charge in [-0.3, -0.25) is 4.79 Å². The molecular weight excluding hydrogens is 300 g/mol. The maximum Gasteiger partial charge on any atom is 0.336 e. The van der Waals surface area contributed by atoms with Gasteiger partial charge in [0.15, 0.2) is 0 Å². The van der Waals surface area contributed by atoms with Crippen molar-refractivity contribution in [3.05, 3.63) is 68.6 Å². The molecule has 0 atom stereocenters. The van der Waals surface area contributed by atoms with Crippen LogP contribution in [0.4, 0.5) is 0 Å². The van der Waals surface area contributed by atoms with E-state index < -0.39 is 5.63 Å². The number of hydrogen-bond acceptors (Lipinski definition) is 6. The van der Waals surface area contributed by atoms with Crippen molar-refractivity contribution < 1.29 is 18.3 Å². The minimum absolute atomic E-state index is 0.0326. The van der Waals surface area contributed by atoms with Crippen LogP contribution in [0, 0.1) is 6.92 Å². The van der Waals surface area contributed by atoms with E-state index in [1.807, 2.05) is 0 Å². The van der Waals surface area contributed by atoms with Crippen molar-refractivity contribution in [1.82, 2.24) is 0 Å². The van der Waals surface area contributed by atoms with E-state index in [2.05, 4.69) is 0 Å². The van der Waals surface area contributed by atoms with Gasteiger partial charge in [0.2, 0.25) is 11.2 Å². The van der Waals surface area contributed by atoms with Gasteiger partial charge < -0.3 is 18.3 Å². The van der Waals surface area contributed by atoms with Crippen molar-refractivity contribution in [3.63, 3.8) is 0 Å². The van der Waals surface area contributed by atoms with E-state index in [1.54, 1.807) is 32.2 Å². The Hall–Kier alpha value is -3.02. The van der Waals surface area contributed by atoms with Gasteiger partial charge in [-0.05, 0) is 25.1 Å². The highest BCUT2D eigenvalue weighted by molar-refractivity contribution is 5.81. The number of methoxy groups -OCH3 is 1. The molecule has 0 aliphatic heterocycles. The van der Waals surface area contributed by atoms with Gasteiger partial charge in [-0.1, -0.05) is 0 Å². The molecule has 2 heterocycles. The van der Waals surface area contributed by atoms with Gasteiger partial charge in [-0.2, -0.15) is 0 Å². The zero-order valence-electron chi connectivity index (χ0n) is 12.6. The van der Waals surface area contributed by atoms with Gasteiger partial charge in [0.1, 0.15) is 23.7 Å². The minimum atomic E-state index is -0.488. The standard InChI is InChI=1S/C17H14O6/c1-10-17(14(18)5-6-21-10)22-9-11-7-16(19)23-15-4-3-12(20-2)8-13(11)15/h3-8H,9H2,1-2H3. The molecule has 6 nitrogen and oxygen atoms in total. The first kappa shape index (κ1) is 14.9. The highest BCUT2D eigenvalue weighted by Crippen LogP contribution is 2.24. The van der Waals surface area contributed by atoms with Crippen molar-refractivity contribution in [2.45, 2.75) is 13.5 Å². The molecule has 0 saturated carbocycles. The molecule has 2 aromatic heterocycles. The Morgan fingerprint density at radius 2 is 1.96 bits per heavy atom. The molecule has 0 radical (unpaired) electrons. The summed E-state index contributed by atoms with van der Waals surface area (Å²) in [5, 5.41) is 0.682. The summed E-state index contributed by atoms with van der Waals surface area (Å²) in [6.07, 6.45) is 1.31. The smallest absolute Gasteiger partial charge is 0.336 e. The number of aryl methyl sites for hydroxylation is 1. The molecule has 0 fully saturated rings. The molecule has 0 aliphatic rings. The maximum atomic E-state index is 11.8. The normalized spacial score (nSPS) is 10.7. The Balaban J connectivity index is 2.02. The number of fused-ring (bicyclic) bond motifs is 1. The van der Waals surface area contributed by atoms with E-state index in [0.29, 0.717) is 28.0 Å². The van der Waals surface area contributed by atoms with Crippen molar-refractivity contribution in [2.75, 3.05) is 7.11 Å². The van der Waals surface area contributed by atoms with Crippen LogP contribution in [0.25, 0.3) is 11.0 Å². The molecule has 6 heteroatoms. The number of benzene rings is 1. The third-order valence-electron chi connectivity index (χ3n) is 3.42. The van der Waals surface area contributed by atoms with Crippen LogP contribution in [0.2, 0.25) is 0 Å². The highest BCUT2D eigenvalue weighted by Gasteiger charge is 2.11. The fourth-order valence-corrected chi connectivity index (χ4v) is 2.28. The van der Waals surface area contributed by atoms with Crippen LogP contribution in [-0.2, 0) is 6.61 Å². The largest absolute Gasteiger partial charge is 0.497 e. The lowest BCUT2D eigenvalue weighted by Crippen LogP contribution is -2.10. The molecule has 0 saturated heterocycles. The zero-order chi connectivity index (χ0) is 16.4. The zero-order valence-corrected chi connectivity index (χ0v) is 12.6. The van der Waals surface area contributed by atoms with Crippen molar-refractivity contribution in [3.8, 4) is 11.5 Å². The molecular formula is C17H14O6. The first-order valence-electron chi connectivity index (χ1n) is 6.90. The maximum absolute atomic E-state index is 11.8. The second-order valence-corrected chi connectivity index (χ2v) is 4.91. The molecule has 1 aromatic carbocycles. The van der Waals surface area contributed by atoms with Crippen LogP contribution in [0.1, 0.15) is 11.3 Å². The second kappa shape index (κ2) is 6.00. The minimum Gasteiger partial charge on any atom is -0.497 e. The molecule has 0 unspecified atom stereocenters. The summed E-state index contributed by atoms with van der Waals surface area (Å²) in [5.41, 5.74) is 0.253. The first-order valence-corrected chi connectivity index (χ1v) is 6.90. The molecule has 0 N–H and O–H groups in total. The Morgan fingerprint density at radius 3 is 2.70 bits per heavy atom. The quantitative estimate of drug-likeness (QED) is 0.689. The molecule has 0 spiro atoms. The molecule has 0 aliphatic carbocycles. The average molecular weight is 314 g/mol.